The number of alkyl halides is 2. The Labute approximate surface area is 179 Å². The van der Waals surface area contributed by atoms with Gasteiger partial charge >= 0.3 is 6.29 Å². The van der Waals surface area contributed by atoms with E-state index in [2.05, 4.69) is 30.4 Å². The fourth-order valence-corrected chi connectivity index (χ4v) is 3.64. The number of carbonyl (C=O) groups is 2. The SMILES string of the molecule is CNC(=O)c1cc(CNc2ccsc2C(=O)Nc2ccc3c(c2)OC(F)(F)O3)ccn1. The van der Waals surface area contributed by atoms with E-state index in [1.165, 1.54) is 42.8 Å². The molecule has 0 unspecified atom stereocenters. The molecule has 1 aliphatic heterocycles. The zero-order chi connectivity index (χ0) is 22.0. The van der Waals surface area contributed by atoms with Gasteiger partial charge in [0.15, 0.2) is 11.5 Å². The number of hydrogen-bond donors (Lipinski definition) is 3. The monoisotopic (exact) mass is 446 g/mol. The summed E-state index contributed by atoms with van der Waals surface area (Å²) in [6.07, 6.45) is -2.19. The van der Waals surface area contributed by atoms with E-state index in [1.54, 1.807) is 23.6 Å². The molecule has 0 fully saturated rings. The molecule has 11 heteroatoms. The number of fused-ring (bicyclic) bond motifs is 1. The number of anilines is 2. The molecule has 31 heavy (non-hydrogen) atoms. The van der Waals surface area contributed by atoms with Gasteiger partial charge in [0.25, 0.3) is 11.8 Å². The van der Waals surface area contributed by atoms with Crippen LogP contribution in [0, 0.1) is 0 Å². The average molecular weight is 446 g/mol. The van der Waals surface area contributed by atoms with Gasteiger partial charge < -0.3 is 25.4 Å². The molecule has 0 saturated carbocycles. The predicted molar refractivity (Wildman–Crippen MR) is 110 cm³/mol. The molecule has 0 bridgehead atoms. The third kappa shape index (κ3) is 4.56. The van der Waals surface area contributed by atoms with E-state index in [0.717, 1.165) is 5.56 Å². The van der Waals surface area contributed by atoms with Crippen molar-refractivity contribution in [1.29, 1.82) is 0 Å². The molecule has 0 aliphatic carbocycles. The standard InChI is InChI=1S/C20H16F2N4O4S/c1-23-18(27)14-8-11(4-6-24-14)10-25-13-5-7-31-17(13)19(28)26-12-2-3-15-16(9-12)30-20(21,22)29-15/h2-9,25H,10H2,1H3,(H,23,27)(H,26,28). The Morgan fingerprint density at radius 3 is 2.71 bits per heavy atom. The van der Waals surface area contributed by atoms with Crippen molar-refractivity contribution in [3.05, 3.63) is 64.1 Å². The Bertz CT molecular complexity index is 1150. The summed E-state index contributed by atoms with van der Waals surface area (Å²) in [7, 11) is 1.52. The van der Waals surface area contributed by atoms with E-state index < -0.39 is 12.2 Å². The number of thiophene rings is 1. The Morgan fingerprint density at radius 2 is 1.90 bits per heavy atom. The number of benzene rings is 1. The lowest BCUT2D eigenvalue weighted by atomic mass is 10.2. The molecule has 0 spiro atoms. The highest BCUT2D eigenvalue weighted by Gasteiger charge is 2.43. The van der Waals surface area contributed by atoms with Gasteiger partial charge in [-0.05, 0) is 41.3 Å². The van der Waals surface area contributed by atoms with E-state index in [9.17, 15) is 18.4 Å². The summed E-state index contributed by atoms with van der Waals surface area (Å²) in [6.45, 7) is 0.364. The highest BCUT2D eigenvalue weighted by atomic mass is 32.1. The second-order valence-corrected chi connectivity index (χ2v) is 7.34. The maximum atomic E-state index is 13.2. The molecule has 8 nitrogen and oxygen atoms in total. The van der Waals surface area contributed by atoms with Crippen LogP contribution in [0.4, 0.5) is 20.2 Å². The number of ether oxygens (including phenoxy) is 2. The molecule has 3 heterocycles. The van der Waals surface area contributed by atoms with Crippen molar-refractivity contribution in [2.24, 2.45) is 0 Å². The van der Waals surface area contributed by atoms with Gasteiger partial charge in [0.1, 0.15) is 10.6 Å². The molecule has 0 radical (unpaired) electrons. The fraction of sp³-hybridized carbons (Fsp3) is 0.150. The molecule has 3 aromatic rings. The van der Waals surface area contributed by atoms with Gasteiger partial charge in [-0.15, -0.1) is 20.1 Å². The number of aromatic nitrogens is 1. The molecule has 4 rings (SSSR count). The minimum absolute atomic E-state index is 0.102. The second kappa shape index (κ2) is 8.19. The normalized spacial score (nSPS) is 13.5. The Kier molecular flexibility index (Phi) is 5.42. The van der Waals surface area contributed by atoms with Gasteiger partial charge in [0.2, 0.25) is 0 Å². The number of hydrogen-bond acceptors (Lipinski definition) is 7. The van der Waals surface area contributed by atoms with Crippen molar-refractivity contribution in [1.82, 2.24) is 10.3 Å². The van der Waals surface area contributed by atoms with E-state index in [4.69, 9.17) is 0 Å². The number of nitrogens with one attached hydrogen (secondary N) is 3. The first-order valence-electron chi connectivity index (χ1n) is 9.04. The van der Waals surface area contributed by atoms with Crippen molar-refractivity contribution in [2.75, 3.05) is 17.7 Å². The minimum atomic E-state index is -3.72. The van der Waals surface area contributed by atoms with Crippen LogP contribution in [0.15, 0.2) is 48.0 Å². The maximum absolute atomic E-state index is 13.2. The molecular weight excluding hydrogens is 430 g/mol. The molecule has 1 aliphatic rings. The number of halogens is 2. The van der Waals surface area contributed by atoms with Crippen LogP contribution in [-0.2, 0) is 6.54 Å². The minimum Gasteiger partial charge on any atom is -0.395 e. The number of carbonyl (C=O) groups excluding carboxylic acids is 2. The third-order valence-corrected chi connectivity index (χ3v) is 5.21. The van der Waals surface area contributed by atoms with E-state index in [0.29, 0.717) is 22.8 Å². The number of nitrogens with zero attached hydrogens (tertiary/aromatic N) is 1. The van der Waals surface area contributed by atoms with E-state index in [1.807, 2.05) is 0 Å². The lowest BCUT2D eigenvalue weighted by Crippen LogP contribution is -2.25. The Hall–Kier alpha value is -3.73. The molecule has 0 atom stereocenters. The molecule has 2 aromatic heterocycles. The highest BCUT2D eigenvalue weighted by molar-refractivity contribution is 7.12. The first-order valence-corrected chi connectivity index (χ1v) is 9.92. The van der Waals surface area contributed by atoms with Crippen LogP contribution in [-0.4, -0.2) is 30.1 Å². The molecule has 0 saturated heterocycles. The topological polar surface area (TPSA) is 102 Å². The zero-order valence-electron chi connectivity index (χ0n) is 16.1. The van der Waals surface area contributed by atoms with Gasteiger partial charge in [-0.1, -0.05) is 0 Å². The molecule has 3 N–H and O–H groups in total. The third-order valence-electron chi connectivity index (χ3n) is 4.30. The molecule has 2 amide bonds. The van der Waals surface area contributed by atoms with Crippen molar-refractivity contribution >= 4 is 34.5 Å². The summed E-state index contributed by atoms with van der Waals surface area (Å²) in [5.74, 6) is -0.963. The first-order chi connectivity index (χ1) is 14.8. The van der Waals surface area contributed by atoms with Gasteiger partial charge in [0, 0.05) is 31.5 Å². The lowest BCUT2D eigenvalue weighted by Gasteiger charge is -2.09. The van der Waals surface area contributed by atoms with Crippen LogP contribution in [0.2, 0.25) is 0 Å². The molecule has 160 valence electrons. The van der Waals surface area contributed by atoms with Crippen molar-refractivity contribution < 1.29 is 27.8 Å². The van der Waals surface area contributed by atoms with E-state index >= 15 is 0 Å². The molecule has 1 aromatic carbocycles. The largest absolute Gasteiger partial charge is 0.586 e. The van der Waals surface area contributed by atoms with Crippen LogP contribution in [0.25, 0.3) is 0 Å². The lowest BCUT2D eigenvalue weighted by molar-refractivity contribution is -0.286. The fourth-order valence-electron chi connectivity index (χ4n) is 2.87. The average Bonchev–Trinajstić information content (AvgIpc) is 3.34. The van der Waals surface area contributed by atoms with Gasteiger partial charge in [-0.3, -0.25) is 14.6 Å². The Morgan fingerprint density at radius 1 is 1.10 bits per heavy atom. The van der Waals surface area contributed by atoms with Gasteiger partial charge in [-0.25, -0.2) is 0 Å². The van der Waals surface area contributed by atoms with Gasteiger partial charge in [-0.2, -0.15) is 0 Å². The van der Waals surface area contributed by atoms with Crippen molar-refractivity contribution in [3.63, 3.8) is 0 Å². The summed E-state index contributed by atoms with van der Waals surface area (Å²) in [5, 5.41) is 10.1. The highest BCUT2D eigenvalue weighted by Crippen LogP contribution is 2.42. The predicted octanol–water partition coefficient (Wildman–Crippen LogP) is 3.69. The number of amides is 2. The molecular formula is C20H16F2N4O4S. The van der Waals surface area contributed by atoms with Crippen LogP contribution in [0.5, 0.6) is 11.5 Å². The van der Waals surface area contributed by atoms with Crippen molar-refractivity contribution in [3.8, 4) is 11.5 Å². The summed E-state index contributed by atoms with van der Waals surface area (Å²) >= 11 is 1.22. The second-order valence-electron chi connectivity index (χ2n) is 6.43. The van der Waals surface area contributed by atoms with Crippen LogP contribution >= 0.6 is 11.3 Å². The maximum Gasteiger partial charge on any atom is 0.586 e. The summed E-state index contributed by atoms with van der Waals surface area (Å²) in [5.41, 5.74) is 1.98. The smallest absolute Gasteiger partial charge is 0.395 e. The summed E-state index contributed by atoms with van der Waals surface area (Å²) < 4.78 is 35.1. The van der Waals surface area contributed by atoms with Crippen LogP contribution < -0.4 is 25.4 Å². The summed E-state index contributed by atoms with van der Waals surface area (Å²) in [6, 6.07) is 9.17. The van der Waals surface area contributed by atoms with Crippen LogP contribution in [0.1, 0.15) is 25.7 Å². The zero-order valence-corrected chi connectivity index (χ0v) is 16.9. The quantitative estimate of drug-likeness (QED) is 0.534. The van der Waals surface area contributed by atoms with Crippen molar-refractivity contribution in [2.45, 2.75) is 12.8 Å². The summed E-state index contributed by atoms with van der Waals surface area (Å²) in [4.78, 5) is 28.8. The number of rotatable bonds is 6. The number of pyridine rings is 1. The van der Waals surface area contributed by atoms with Gasteiger partial charge in [0.05, 0.1) is 5.69 Å². The van der Waals surface area contributed by atoms with Crippen LogP contribution in [0.3, 0.4) is 0 Å². The van der Waals surface area contributed by atoms with E-state index in [-0.39, 0.29) is 23.1 Å². The first kappa shape index (κ1) is 20.5. The Balaban J connectivity index is 1.43.